The molecular weight excluding hydrogens is 539 g/mol. The molecule has 4 rings (SSSR count). The predicted octanol–water partition coefficient (Wildman–Crippen LogP) is 6.20. The van der Waals surface area contributed by atoms with Crippen molar-refractivity contribution in [2.75, 3.05) is 0 Å². The first-order valence-electron chi connectivity index (χ1n) is 9.40. The number of hydrogen-bond donors (Lipinski definition) is 0. The Balaban J connectivity index is 1.53. The van der Waals surface area contributed by atoms with Crippen LogP contribution in [0.15, 0.2) is 50.9 Å². The fraction of sp³-hybridized carbons (Fsp3) is 0.273. The molecule has 0 unspecified atom stereocenters. The van der Waals surface area contributed by atoms with Crippen LogP contribution in [0.25, 0.3) is 6.08 Å². The van der Waals surface area contributed by atoms with E-state index in [1.165, 1.54) is 6.08 Å². The van der Waals surface area contributed by atoms with Crippen LogP contribution in [0.1, 0.15) is 36.8 Å². The van der Waals surface area contributed by atoms with Gasteiger partial charge in [0.2, 0.25) is 0 Å². The second-order valence-corrected chi connectivity index (χ2v) is 9.26. The first-order chi connectivity index (χ1) is 14.4. The molecule has 2 aromatic rings. The van der Waals surface area contributed by atoms with Crippen LogP contribution < -0.4 is 4.74 Å². The van der Waals surface area contributed by atoms with E-state index in [1.807, 2.05) is 18.2 Å². The van der Waals surface area contributed by atoms with Gasteiger partial charge in [0.05, 0.1) is 8.95 Å². The van der Waals surface area contributed by atoms with E-state index in [4.69, 9.17) is 25.8 Å². The fourth-order valence-corrected chi connectivity index (χ4v) is 5.16. The molecule has 1 aliphatic carbocycles. The predicted molar refractivity (Wildman–Crippen MR) is 119 cm³/mol. The second kappa shape index (κ2) is 8.73. The zero-order chi connectivity index (χ0) is 21.3. The van der Waals surface area contributed by atoms with Crippen molar-refractivity contribution in [3.05, 3.63) is 67.1 Å². The SMILES string of the molecule is O=C1OC2(CCCC2)OC(=O)C1=Cc1cc(Br)c(OCc2ccccc2Cl)c(Br)c1. The number of hydrogen-bond acceptors (Lipinski definition) is 5. The lowest BCUT2D eigenvalue weighted by molar-refractivity contribution is -0.232. The molecule has 1 aliphatic heterocycles. The van der Waals surface area contributed by atoms with E-state index in [0.717, 1.165) is 18.4 Å². The van der Waals surface area contributed by atoms with E-state index in [9.17, 15) is 9.59 Å². The van der Waals surface area contributed by atoms with Crippen LogP contribution in [-0.2, 0) is 25.7 Å². The summed E-state index contributed by atoms with van der Waals surface area (Å²) in [5, 5.41) is 0.625. The van der Waals surface area contributed by atoms with Crippen LogP contribution >= 0.6 is 43.5 Å². The Bertz CT molecular complexity index is 999. The van der Waals surface area contributed by atoms with E-state index in [2.05, 4.69) is 31.9 Å². The Labute approximate surface area is 195 Å². The smallest absolute Gasteiger partial charge is 0.348 e. The van der Waals surface area contributed by atoms with Crippen molar-refractivity contribution in [3.63, 3.8) is 0 Å². The van der Waals surface area contributed by atoms with Gasteiger partial charge in [-0.05, 0) is 74.5 Å². The molecule has 8 heteroatoms. The van der Waals surface area contributed by atoms with Crippen molar-refractivity contribution >= 4 is 61.5 Å². The molecule has 0 N–H and O–H groups in total. The molecule has 1 spiro atoms. The number of esters is 2. The number of ether oxygens (including phenoxy) is 3. The topological polar surface area (TPSA) is 61.8 Å². The van der Waals surface area contributed by atoms with Crippen LogP contribution in [0.2, 0.25) is 5.02 Å². The van der Waals surface area contributed by atoms with Crippen molar-refractivity contribution in [3.8, 4) is 5.75 Å². The molecule has 5 nitrogen and oxygen atoms in total. The zero-order valence-corrected chi connectivity index (χ0v) is 19.7. The monoisotopic (exact) mass is 554 g/mol. The maximum Gasteiger partial charge on any atom is 0.348 e. The van der Waals surface area contributed by atoms with E-state index in [-0.39, 0.29) is 12.2 Å². The largest absolute Gasteiger partial charge is 0.486 e. The van der Waals surface area contributed by atoms with Crippen LogP contribution in [0.4, 0.5) is 0 Å². The molecule has 156 valence electrons. The lowest BCUT2D eigenvalue weighted by atomic mass is 10.1. The minimum atomic E-state index is -1.08. The minimum Gasteiger partial charge on any atom is -0.486 e. The van der Waals surface area contributed by atoms with Gasteiger partial charge in [0, 0.05) is 23.4 Å². The molecule has 1 heterocycles. The molecule has 1 saturated heterocycles. The summed E-state index contributed by atoms with van der Waals surface area (Å²) in [5.74, 6) is -1.81. The highest BCUT2D eigenvalue weighted by Crippen LogP contribution is 2.40. The van der Waals surface area contributed by atoms with E-state index >= 15 is 0 Å². The summed E-state index contributed by atoms with van der Waals surface area (Å²) in [6.07, 6.45) is 4.29. The zero-order valence-electron chi connectivity index (χ0n) is 15.8. The summed E-state index contributed by atoms with van der Waals surface area (Å²) in [7, 11) is 0. The highest BCUT2D eigenvalue weighted by atomic mass is 79.9. The molecule has 1 saturated carbocycles. The van der Waals surface area contributed by atoms with Crippen LogP contribution in [0.3, 0.4) is 0 Å². The molecule has 2 aliphatic rings. The molecular formula is C22H17Br2ClO5. The Morgan fingerprint density at radius 2 is 1.63 bits per heavy atom. The van der Waals surface area contributed by atoms with Crippen LogP contribution in [-0.4, -0.2) is 17.7 Å². The number of carbonyl (C=O) groups excluding carboxylic acids is 2. The van der Waals surface area contributed by atoms with Gasteiger partial charge in [-0.1, -0.05) is 29.8 Å². The highest BCUT2D eigenvalue weighted by molar-refractivity contribution is 9.11. The first-order valence-corrected chi connectivity index (χ1v) is 11.4. The summed E-state index contributed by atoms with van der Waals surface area (Å²) in [5.41, 5.74) is 1.35. The highest BCUT2D eigenvalue weighted by Gasteiger charge is 2.47. The number of benzene rings is 2. The van der Waals surface area contributed by atoms with Crippen molar-refractivity contribution in [2.45, 2.75) is 38.1 Å². The number of carbonyl (C=O) groups is 2. The standard InChI is InChI=1S/C22H17Br2ClO5/c23-16-10-13(9-15-20(26)29-22(30-21(15)27)7-3-4-8-22)11-17(24)19(16)28-12-14-5-1-2-6-18(14)25/h1-2,5-6,9-11H,3-4,7-8,12H2. The van der Waals surface area contributed by atoms with Crippen molar-refractivity contribution < 1.29 is 23.8 Å². The minimum absolute atomic E-state index is 0.129. The van der Waals surface area contributed by atoms with Crippen molar-refractivity contribution in [1.29, 1.82) is 0 Å². The Hall–Kier alpha value is -1.83. The van der Waals surface area contributed by atoms with Gasteiger partial charge in [0.25, 0.3) is 5.79 Å². The summed E-state index contributed by atoms with van der Waals surface area (Å²) in [4.78, 5) is 24.9. The Morgan fingerprint density at radius 3 is 2.23 bits per heavy atom. The third kappa shape index (κ3) is 4.43. The van der Waals surface area contributed by atoms with Gasteiger partial charge >= 0.3 is 11.9 Å². The Morgan fingerprint density at radius 1 is 1.03 bits per heavy atom. The summed E-state index contributed by atoms with van der Waals surface area (Å²) >= 11 is 13.1. The Kier molecular flexibility index (Phi) is 6.23. The van der Waals surface area contributed by atoms with Gasteiger partial charge in [-0.2, -0.15) is 0 Å². The van der Waals surface area contributed by atoms with E-state index < -0.39 is 17.7 Å². The molecule has 0 radical (unpaired) electrons. The molecule has 30 heavy (non-hydrogen) atoms. The van der Waals surface area contributed by atoms with Crippen LogP contribution in [0.5, 0.6) is 5.75 Å². The fourth-order valence-electron chi connectivity index (χ4n) is 3.52. The summed E-state index contributed by atoms with van der Waals surface area (Å²) in [6.45, 7) is 0.290. The summed E-state index contributed by atoms with van der Waals surface area (Å²) < 4.78 is 18.1. The quantitative estimate of drug-likeness (QED) is 0.255. The second-order valence-electron chi connectivity index (χ2n) is 7.15. The maximum atomic E-state index is 12.4. The third-order valence-electron chi connectivity index (χ3n) is 5.02. The average molecular weight is 557 g/mol. The van der Waals surface area contributed by atoms with Gasteiger partial charge in [-0.3, -0.25) is 0 Å². The molecule has 2 fully saturated rings. The molecule has 0 aromatic heterocycles. The molecule has 0 atom stereocenters. The first kappa shape index (κ1) is 21.4. The normalized spacial score (nSPS) is 17.6. The summed E-state index contributed by atoms with van der Waals surface area (Å²) in [6, 6.07) is 10.9. The molecule has 0 amide bonds. The van der Waals surface area contributed by atoms with Gasteiger partial charge in [-0.25, -0.2) is 9.59 Å². The lowest BCUT2D eigenvalue weighted by Crippen LogP contribution is -2.44. The number of rotatable bonds is 4. The van der Waals surface area contributed by atoms with E-state index in [1.54, 1.807) is 18.2 Å². The van der Waals surface area contributed by atoms with Gasteiger partial charge < -0.3 is 14.2 Å². The van der Waals surface area contributed by atoms with Crippen molar-refractivity contribution in [1.82, 2.24) is 0 Å². The molecule has 2 aromatic carbocycles. The van der Waals surface area contributed by atoms with Gasteiger partial charge in [0.1, 0.15) is 17.9 Å². The third-order valence-corrected chi connectivity index (χ3v) is 6.57. The lowest BCUT2D eigenvalue weighted by Gasteiger charge is -2.32. The van der Waals surface area contributed by atoms with Gasteiger partial charge in [-0.15, -0.1) is 0 Å². The number of halogens is 3. The van der Waals surface area contributed by atoms with Crippen LogP contribution in [0, 0.1) is 0 Å². The van der Waals surface area contributed by atoms with Gasteiger partial charge in [0.15, 0.2) is 0 Å². The molecule has 0 bridgehead atoms. The van der Waals surface area contributed by atoms with Crippen molar-refractivity contribution in [2.24, 2.45) is 0 Å². The maximum absolute atomic E-state index is 12.4. The van der Waals surface area contributed by atoms with E-state index in [0.29, 0.717) is 38.1 Å². The average Bonchev–Trinajstić information content (AvgIpc) is 3.13.